The number of piperidine rings is 1. The molecule has 0 saturated carbocycles. The normalized spacial score (nSPS) is 19.5. The van der Waals surface area contributed by atoms with Crippen LogP contribution in [0.1, 0.15) is 33.1 Å². The van der Waals surface area contributed by atoms with Gasteiger partial charge in [0.2, 0.25) is 5.91 Å². The van der Waals surface area contributed by atoms with Crippen molar-refractivity contribution in [2.45, 2.75) is 45.2 Å². The number of aromatic nitrogens is 1. The van der Waals surface area contributed by atoms with Crippen molar-refractivity contribution in [3.05, 3.63) is 23.8 Å². The highest BCUT2D eigenvalue weighted by molar-refractivity contribution is 7.14. The maximum atomic E-state index is 12.6. The molecule has 1 unspecified atom stereocenters. The van der Waals surface area contributed by atoms with Gasteiger partial charge in [0.15, 0.2) is 10.9 Å². The van der Waals surface area contributed by atoms with Crippen LogP contribution < -0.4 is 5.32 Å². The zero-order valence-electron chi connectivity index (χ0n) is 12.9. The lowest BCUT2D eigenvalue weighted by molar-refractivity contribution is -0.123. The first-order valence-corrected chi connectivity index (χ1v) is 8.59. The molecule has 1 fully saturated rings. The van der Waals surface area contributed by atoms with Gasteiger partial charge in [0.05, 0.1) is 12.3 Å². The van der Waals surface area contributed by atoms with Crippen LogP contribution in [0.15, 0.2) is 28.2 Å². The maximum absolute atomic E-state index is 12.6. The Kier molecular flexibility index (Phi) is 4.59. The number of anilines is 1. The molecule has 1 saturated heterocycles. The number of carbonyl (C=O) groups is 1. The lowest BCUT2D eigenvalue weighted by Gasteiger charge is -2.37. The van der Waals surface area contributed by atoms with E-state index in [0.29, 0.717) is 11.2 Å². The number of carbonyl (C=O) groups excluding carboxylic acids is 1. The number of furan rings is 1. The highest BCUT2D eigenvalue weighted by Gasteiger charge is 2.30. The molecule has 1 atom stereocenters. The van der Waals surface area contributed by atoms with Gasteiger partial charge < -0.3 is 9.73 Å². The molecular formula is C16H21N3O2S. The van der Waals surface area contributed by atoms with Crippen molar-refractivity contribution in [1.82, 2.24) is 9.88 Å². The van der Waals surface area contributed by atoms with Crippen LogP contribution in [0.3, 0.4) is 0 Å². The standard InChI is InChI=1S/C16H21N3O2S/c1-11(2)19-8-4-3-6-13(19)15(20)18-16-17-12(10-22-16)14-7-5-9-21-14/h5,7,9-11,13H,3-4,6,8H2,1-2H3,(H,17,18,20). The molecular weight excluding hydrogens is 298 g/mol. The second-order valence-corrected chi connectivity index (χ2v) is 6.71. The minimum atomic E-state index is -0.0512. The van der Waals surface area contributed by atoms with E-state index in [4.69, 9.17) is 4.42 Å². The van der Waals surface area contributed by atoms with Crippen molar-refractivity contribution in [3.8, 4) is 11.5 Å². The van der Waals surface area contributed by atoms with Gasteiger partial charge in [-0.25, -0.2) is 4.98 Å². The summed E-state index contributed by atoms with van der Waals surface area (Å²) in [5, 5.41) is 5.49. The Morgan fingerprint density at radius 1 is 1.50 bits per heavy atom. The Labute approximate surface area is 134 Å². The zero-order chi connectivity index (χ0) is 15.5. The molecule has 0 bridgehead atoms. The van der Waals surface area contributed by atoms with Crippen molar-refractivity contribution in [1.29, 1.82) is 0 Å². The first-order valence-electron chi connectivity index (χ1n) is 7.71. The molecule has 2 aromatic heterocycles. The van der Waals surface area contributed by atoms with E-state index in [9.17, 15) is 4.79 Å². The topological polar surface area (TPSA) is 58.4 Å². The molecule has 1 aliphatic heterocycles. The second kappa shape index (κ2) is 6.62. The fourth-order valence-electron chi connectivity index (χ4n) is 2.91. The van der Waals surface area contributed by atoms with Crippen LogP contribution in [-0.4, -0.2) is 34.4 Å². The van der Waals surface area contributed by atoms with Crippen molar-refractivity contribution < 1.29 is 9.21 Å². The summed E-state index contributed by atoms with van der Waals surface area (Å²) < 4.78 is 5.33. The van der Waals surface area contributed by atoms with Gasteiger partial charge in [0.1, 0.15) is 5.69 Å². The molecule has 3 rings (SSSR count). The molecule has 0 aliphatic carbocycles. The maximum Gasteiger partial charge on any atom is 0.243 e. The average molecular weight is 319 g/mol. The summed E-state index contributed by atoms with van der Waals surface area (Å²) in [4.78, 5) is 19.3. The number of rotatable bonds is 4. The summed E-state index contributed by atoms with van der Waals surface area (Å²) >= 11 is 1.43. The van der Waals surface area contributed by atoms with Crippen molar-refractivity contribution in [2.75, 3.05) is 11.9 Å². The lowest BCUT2D eigenvalue weighted by Crippen LogP contribution is -2.50. The predicted octanol–water partition coefficient (Wildman–Crippen LogP) is 3.60. The van der Waals surface area contributed by atoms with E-state index >= 15 is 0 Å². The summed E-state index contributed by atoms with van der Waals surface area (Å²) in [5.74, 6) is 0.770. The zero-order valence-corrected chi connectivity index (χ0v) is 13.7. The molecule has 6 heteroatoms. The van der Waals surface area contributed by atoms with Crippen LogP contribution in [0.4, 0.5) is 5.13 Å². The van der Waals surface area contributed by atoms with Gasteiger partial charge in [0.25, 0.3) is 0 Å². The van der Waals surface area contributed by atoms with Gasteiger partial charge in [-0.2, -0.15) is 0 Å². The van der Waals surface area contributed by atoms with Gasteiger partial charge in [-0.05, 0) is 45.4 Å². The molecule has 22 heavy (non-hydrogen) atoms. The minimum absolute atomic E-state index is 0.0498. The third kappa shape index (κ3) is 3.23. The molecule has 5 nitrogen and oxygen atoms in total. The number of hydrogen-bond donors (Lipinski definition) is 1. The third-order valence-electron chi connectivity index (χ3n) is 4.02. The van der Waals surface area contributed by atoms with Crippen LogP contribution >= 0.6 is 11.3 Å². The van der Waals surface area contributed by atoms with Gasteiger partial charge in [-0.15, -0.1) is 11.3 Å². The smallest absolute Gasteiger partial charge is 0.243 e. The van der Waals surface area contributed by atoms with Crippen molar-refractivity contribution >= 4 is 22.4 Å². The number of amides is 1. The number of nitrogens with one attached hydrogen (secondary N) is 1. The van der Waals surface area contributed by atoms with Gasteiger partial charge in [0, 0.05) is 11.4 Å². The Balaban J connectivity index is 1.68. The van der Waals surface area contributed by atoms with E-state index in [1.807, 2.05) is 17.5 Å². The first kappa shape index (κ1) is 15.2. The summed E-state index contributed by atoms with van der Waals surface area (Å²) in [6.45, 7) is 5.28. The Morgan fingerprint density at radius 3 is 3.09 bits per heavy atom. The monoisotopic (exact) mass is 319 g/mol. The predicted molar refractivity (Wildman–Crippen MR) is 87.9 cm³/mol. The number of nitrogens with zero attached hydrogens (tertiary/aromatic N) is 2. The third-order valence-corrected chi connectivity index (χ3v) is 4.78. The molecule has 0 radical (unpaired) electrons. The lowest BCUT2D eigenvalue weighted by atomic mass is 10.00. The molecule has 0 aromatic carbocycles. The molecule has 1 aliphatic rings. The van der Waals surface area contributed by atoms with Crippen molar-refractivity contribution in [3.63, 3.8) is 0 Å². The van der Waals surface area contributed by atoms with E-state index in [1.54, 1.807) is 6.26 Å². The quantitative estimate of drug-likeness (QED) is 0.935. The fraction of sp³-hybridized carbons (Fsp3) is 0.500. The summed E-state index contributed by atoms with van der Waals surface area (Å²) in [7, 11) is 0. The SMILES string of the molecule is CC(C)N1CCCCC1C(=O)Nc1nc(-c2ccco2)cs1. The molecule has 118 valence electrons. The molecule has 1 amide bonds. The number of likely N-dealkylation sites (tertiary alicyclic amines) is 1. The Hall–Kier alpha value is -1.66. The van der Waals surface area contributed by atoms with E-state index in [0.717, 1.165) is 30.8 Å². The number of thiazole rings is 1. The summed E-state index contributed by atoms with van der Waals surface area (Å²) in [6.07, 6.45) is 4.81. The Morgan fingerprint density at radius 2 is 2.36 bits per heavy atom. The van der Waals surface area contributed by atoms with Crippen molar-refractivity contribution in [2.24, 2.45) is 0 Å². The van der Waals surface area contributed by atoms with Crippen LogP contribution in [0.5, 0.6) is 0 Å². The summed E-state index contributed by atoms with van der Waals surface area (Å²) in [6, 6.07) is 4.02. The van der Waals surface area contributed by atoms with Gasteiger partial charge in [-0.3, -0.25) is 9.69 Å². The van der Waals surface area contributed by atoms with Crippen LogP contribution in [0, 0.1) is 0 Å². The average Bonchev–Trinajstić information content (AvgIpc) is 3.17. The Bertz CT molecular complexity index is 621. The summed E-state index contributed by atoms with van der Waals surface area (Å²) in [5.41, 5.74) is 0.759. The molecule has 3 heterocycles. The highest BCUT2D eigenvalue weighted by Crippen LogP contribution is 2.26. The van der Waals surface area contributed by atoms with Crippen LogP contribution in [0.2, 0.25) is 0 Å². The van der Waals surface area contributed by atoms with Gasteiger partial charge in [-0.1, -0.05) is 6.42 Å². The number of hydrogen-bond acceptors (Lipinski definition) is 5. The molecule has 1 N–H and O–H groups in total. The largest absolute Gasteiger partial charge is 0.463 e. The minimum Gasteiger partial charge on any atom is -0.463 e. The highest BCUT2D eigenvalue weighted by atomic mass is 32.1. The van der Waals surface area contributed by atoms with Crippen LogP contribution in [-0.2, 0) is 4.79 Å². The van der Waals surface area contributed by atoms with E-state index in [-0.39, 0.29) is 11.9 Å². The van der Waals surface area contributed by atoms with Gasteiger partial charge >= 0.3 is 0 Å². The van der Waals surface area contributed by atoms with E-state index in [2.05, 4.69) is 29.0 Å². The van der Waals surface area contributed by atoms with E-state index < -0.39 is 0 Å². The second-order valence-electron chi connectivity index (χ2n) is 5.85. The molecule has 0 spiro atoms. The van der Waals surface area contributed by atoms with E-state index in [1.165, 1.54) is 17.8 Å². The molecule has 2 aromatic rings. The first-order chi connectivity index (χ1) is 10.6. The van der Waals surface area contributed by atoms with Crippen LogP contribution in [0.25, 0.3) is 11.5 Å². The fourth-order valence-corrected chi connectivity index (χ4v) is 3.61.